The highest BCUT2D eigenvalue weighted by molar-refractivity contribution is 6.33. The average Bonchev–Trinajstić information content (AvgIpc) is 2.74. The smallest absolute Gasteiger partial charge is 0.182 e. The van der Waals surface area contributed by atoms with Gasteiger partial charge in [0.1, 0.15) is 0 Å². The lowest BCUT2D eigenvalue weighted by molar-refractivity contribution is 0.0991. The Morgan fingerprint density at radius 3 is 2.43 bits per heavy atom. The largest absolute Gasteiger partial charge is 0.344 e. The molecule has 1 aliphatic rings. The Morgan fingerprint density at radius 2 is 1.86 bits per heavy atom. The Morgan fingerprint density at radius 1 is 1.24 bits per heavy atom. The van der Waals surface area contributed by atoms with Crippen LogP contribution in [-0.4, -0.2) is 40.3 Å². The fourth-order valence-corrected chi connectivity index (χ4v) is 3.63. The first-order valence-electron chi connectivity index (χ1n) is 8.01. The number of halogens is 1. The Hall–Kier alpha value is -0.800. The van der Waals surface area contributed by atoms with Crippen molar-refractivity contribution in [1.29, 1.82) is 0 Å². The van der Waals surface area contributed by atoms with Crippen molar-refractivity contribution in [2.45, 2.75) is 58.4 Å². The summed E-state index contributed by atoms with van der Waals surface area (Å²) in [6.45, 7) is 11.6. The predicted octanol–water partition coefficient (Wildman–Crippen LogP) is 3.96. The van der Waals surface area contributed by atoms with Crippen molar-refractivity contribution >= 4 is 17.4 Å². The number of nitrogens with zero attached hydrogens (tertiary/aromatic N) is 2. The van der Waals surface area contributed by atoms with E-state index in [9.17, 15) is 4.79 Å². The molecule has 21 heavy (non-hydrogen) atoms. The summed E-state index contributed by atoms with van der Waals surface area (Å²) in [6, 6.07) is 2.37. The number of likely N-dealkylation sites (tertiary alicyclic amines) is 1. The summed E-state index contributed by atoms with van der Waals surface area (Å²) in [6.07, 6.45) is 3.98. The molecule has 0 N–H and O–H groups in total. The van der Waals surface area contributed by atoms with Crippen molar-refractivity contribution in [2.24, 2.45) is 0 Å². The van der Waals surface area contributed by atoms with Crippen LogP contribution in [0.1, 0.15) is 60.9 Å². The quantitative estimate of drug-likeness (QED) is 0.607. The summed E-state index contributed by atoms with van der Waals surface area (Å²) in [5.74, 6) is 0.0289. The van der Waals surface area contributed by atoms with E-state index in [1.54, 1.807) is 6.92 Å². The molecule has 2 unspecified atom stereocenters. The maximum absolute atomic E-state index is 12.2. The summed E-state index contributed by atoms with van der Waals surface area (Å²) in [7, 11) is 0. The van der Waals surface area contributed by atoms with E-state index in [1.807, 2.05) is 13.0 Å². The van der Waals surface area contributed by atoms with Crippen LogP contribution < -0.4 is 0 Å². The first-order valence-corrected chi connectivity index (χ1v) is 8.44. The normalized spacial score (nSPS) is 19.5. The van der Waals surface area contributed by atoms with Crippen LogP contribution in [0.15, 0.2) is 6.07 Å². The molecule has 118 valence electrons. The third-order valence-electron chi connectivity index (χ3n) is 4.52. The maximum Gasteiger partial charge on any atom is 0.182 e. The standard InChI is InChI=1S/C17H27ClN2O/c1-12-10-16(17(21)14(3)18)15(4)20(12)13(2)11-19-8-6-5-7-9-19/h10,13-14H,5-9,11H2,1-4H3. The van der Waals surface area contributed by atoms with Gasteiger partial charge in [0.15, 0.2) is 5.78 Å². The molecule has 0 radical (unpaired) electrons. The van der Waals surface area contributed by atoms with Crippen LogP contribution in [0.2, 0.25) is 0 Å². The summed E-state index contributed by atoms with van der Waals surface area (Å²) >= 11 is 5.96. The number of rotatable bonds is 5. The van der Waals surface area contributed by atoms with Gasteiger partial charge >= 0.3 is 0 Å². The molecule has 0 amide bonds. The number of aromatic nitrogens is 1. The zero-order chi connectivity index (χ0) is 15.6. The molecule has 0 aliphatic carbocycles. The number of hydrogen-bond acceptors (Lipinski definition) is 2. The Bertz CT molecular complexity index is 501. The molecule has 0 spiro atoms. The van der Waals surface area contributed by atoms with Gasteiger partial charge in [-0.15, -0.1) is 11.6 Å². The number of Topliss-reactive ketones (excluding diaryl/α,β-unsaturated/α-hetero) is 1. The lowest BCUT2D eigenvalue weighted by Crippen LogP contribution is -2.34. The molecule has 0 bridgehead atoms. The number of hydrogen-bond donors (Lipinski definition) is 0. The van der Waals surface area contributed by atoms with Gasteiger partial charge in [0.05, 0.1) is 5.38 Å². The fourth-order valence-electron chi connectivity index (χ4n) is 3.52. The van der Waals surface area contributed by atoms with E-state index in [0.717, 1.165) is 23.5 Å². The van der Waals surface area contributed by atoms with Gasteiger partial charge in [-0.2, -0.15) is 0 Å². The van der Waals surface area contributed by atoms with Crippen molar-refractivity contribution in [3.63, 3.8) is 0 Å². The fraction of sp³-hybridized carbons (Fsp3) is 0.706. The van der Waals surface area contributed by atoms with Crippen molar-refractivity contribution < 1.29 is 4.79 Å². The summed E-state index contributed by atoms with van der Waals surface area (Å²) < 4.78 is 2.29. The highest BCUT2D eigenvalue weighted by Crippen LogP contribution is 2.24. The van der Waals surface area contributed by atoms with Gasteiger partial charge in [-0.3, -0.25) is 4.79 Å². The molecule has 4 heteroatoms. The summed E-state index contributed by atoms with van der Waals surface area (Å²) in [4.78, 5) is 14.7. The molecular weight excluding hydrogens is 284 g/mol. The molecule has 1 aliphatic heterocycles. The highest BCUT2D eigenvalue weighted by atomic mass is 35.5. The maximum atomic E-state index is 12.2. The molecule has 0 saturated carbocycles. The van der Waals surface area contributed by atoms with E-state index in [-0.39, 0.29) is 5.78 Å². The van der Waals surface area contributed by atoms with Crippen molar-refractivity contribution in [3.05, 3.63) is 23.0 Å². The van der Waals surface area contributed by atoms with Crippen LogP contribution in [0.25, 0.3) is 0 Å². The van der Waals surface area contributed by atoms with Gasteiger partial charge in [-0.05, 0) is 59.7 Å². The lowest BCUT2D eigenvalue weighted by atomic mass is 10.1. The SMILES string of the molecule is Cc1cc(C(=O)C(C)Cl)c(C)n1C(C)CN1CCCCC1. The highest BCUT2D eigenvalue weighted by Gasteiger charge is 2.22. The third kappa shape index (κ3) is 3.70. The van der Waals surface area contributed by atoms with Gasteiger partial charge in [0.2, 0.25) is 0 Å². The van der Waals surface area contributed by atoms with Gasteiger partial charge in [0.25, 0.3) is 0 Å². The lowest BCUT2D eigenvalue weighted by Gasteiger charge is -2.30. The first-order chi connectivity index (χ1) is 9.91. The van der Waals surface area contributed by atoms with Crippen molar-refractivity contribution in [3.8, 4) is 0 Å². The molecule has 2 heterocycles. The van der Waals surface area contributed by atoms with Crippen LogP contribution >= 0.6 is 11.6 Å². The topological polar surface area (TPSA) is 25.2 Å². The van der Waals surface area contributed by atoms with Crippen LogP contribution in [0, 0.1) is 13.8 Å². The average molecular weight is 311 g/mol. The number of carbonyl (C=O) groups excluding carboxylic acids is 1. The van der Waals surface area contributed by atoms with E-state index in [4.69, 9.17) is 11.6 Å². The van der Waals surface area contributed by atoms with Crippen LogP contribution in [0.3, 0.4) is 0 Å². The van der Waals surface area contributed by atoms with E-state index in [0.29, 0.717) is 6.04 Å². The second-order valence-electron chi connectivity index (χ2n) is 6.35. The van der Waals surface area contributed by atoms with E-state index in [2.05, 4.69) is 23.3 Å². The van der Waals surface area contributed by atoms with E-state index >= 15 is 0 Å². The zero-order valence-electron chi connectivity index (χ0n) is 13.7. The van der Waals surface area contributed by atoms with E-state index < -0.39 is 5.38 Å². The van der Waals surface area contributed by atoms with Gasteiger partial charge < -0.3 is 9.47 Å². The number of ketones is 1. The Kier molecular flexibility index (Phi) is 5.50. The van der Waals surface area contributed by atoms with Gasteiger partial charge in [-0.1, -0.05) is 6.42 Å². The minimum Gasteiger partial charge on any atom is -0.344 e. The minimum absolute atomic E-state index is 0.0289. The second-order valence-corrected chi connectivity index (χ2v) is 7.00. The summed E-state index contributed by atoms with van der Waals surface area (Å²) in [5.41, 5.74) is 2.98. The number of carbonyl (C=O) groups is 1. The molecular formula is C17H27ClN2O. The molecule has 1 aromatic heterocycles. The molecule has 2 atom stereocenters. The van der Waals surface area contributed by atoms with Gasteiger partial charge in [0, 0.05) is 29.5 Å². The van der Waals surface area contributed by atoms with Crippen LogP contribution in [0.4, 0.5) is 0 Å². The molecule has 2 rings (SSSR count). The number of piperidine rings is 1. The van der Waals surface area contributed by atoms with Crippen LogP contribution in [0.5, 0.6) is 0 Å². The number of alkyl halides is 1. The Labute approximate surface area is 133 Å². The van der Waals surface area contributed by atoms with Crippen molar-refractivity contribution in [2.75, 3.05) is 19.6 Å². The predicted molar refractivity (Wildman–Crippen MR) is 88.6 cm³/mol. The third-order valence-corrected chi connectivity index (χ3v) is 4.72. The molecule has 3 nitrogen and oxygen atoms in total. The summed E-state index contributed by atoms with van der Waals surface area (Å²) in [5, 5.41) is -0.462. The zero-order valence-corrected chi connectivity index (χ0v) is 14.4. The Balaban J connectivity index is 2.16. The van der Waals surface area contributed by atoms with E-state index in [1.165, 1.54) is 32.4 Å². The monoisotopic (exact) mass is 310 g/mol. The number of aryl methyl sites for hydroxylation is 1. The second kappa shape index (κ2) is 6.97. The molecule has 1 saturated heterocycles. The molecule has 1 aromatic rings. The minimum atomic E-state index is -0.462. The van der Waals surface area contributed by atoms with Crippen LogP contribution in [-0.2, 0) is 0 Å². The first kappa shape index (κ1) is 16.6. The van der Waals surface area contributed by atoms with Gasteiger partial charge in [-0.25, -0.2) is 0 Å². The molecule has 1 fully saturated rings. The molecule has 0 aromatic carbocycles. The van der Waals surface area contributed by atoms with Crippen molar-refractivity contribution in [1.82, 2.24) is 9.47 Å².